The van der Waals surface area contributed by atoms with Gasteiger partial charge in [-0.1, -0.05) is 18.2 Å². The number of benzene rings is 1. The second-order valence-electron chi connectivity index (χ2n) is 4.49. The summed E-state index contributed by atoms with van der Waals surface area (Å²) in [5.74, 6) is 0. The van der Waals surface area contributed by atoms with Crippen LogP contribution in [0.1, 0.15) is 11.3 Å². The van der Waals surface area contributed by atoms with Gasteiger partial charge in [0, 0.05) is 29.6 Å². The summed E-state index contributed by atoms with van der Waals surface area (Å²) in [6.45, 7) is 4.46. The van der Waals surface area contributed by atoms with E-state index in [9.17, 15) is 0 Å². The van der Waals surface area contributed by atoms with Crippen LogP contribution in [0.3, 0.4) is 0 Å². The molecule has 78 valence electrons. The zero-order chi connectivity index (χ0) is 10.4. The molecule has 15 heavy (non-hydrogen) atoms. The molecule has 1 aromatic carbocycles. The van der Waals surface area contributed by atoms with Gasteiger partial charge >= 0.3 is 0 Å². The van der Waals surface area contributed by atoms with Crippen LogP contribution >= 0.6 is 0 Å². The van der Waals surface area contributed by atoms with E-state index in [1.165, 1.54) is 35.1 Å². The fourth-order valence-corrected chi connectivity index (χ4v) is 2.62. The van der Waals surface area contributed by atoms with Crippen LogP contribution < -0.4 is 0 Å². The number of aromatic nitrogens is 1. The predicted octanol–water partition coefficient (Wildman–Crippen LogP) is 2.40. The number of hydrogen-bond donors (Lipinski definition) is 0. The molecule has 0 unspecified atom stereocenters. The number of fused-ring (bicyclic) bond motifs is 3. The zero-order valence-electron chi connectivity index (χ0n) is 9.33. The van der Waals surface area contributed by atoms with Crippen LogP contribution in [0.25, 0.3) is 10.9 Å². The lowest BCUT2D eigenvalue weighted by atomic mass is 10.1. The van der Waals surface area contributed by atoms with Crippen LogP contribution in [0, 0.1) is 6.92 Å². The maximum Gasteiger partial charge on any atom is 0.0751 e. The van der Waals surface area contributed by atoms with Crippen molar-refractivity contribution < 1.29 is 0 Å². The van der Waals surface area contributed by atoms with Gasteiger partial charge in [-0.15, -0.1) is 0 Å². The van der Waals surface area contributed by atoms with Gasteiger partial charge in [0.1, 0.15) is 0 Å². The minimum absolute atomic E-state index is 1.03. The number of likely N-dealkylation sites (N-methyl/N-ethyl adjacent to an activating group) is 1. The van der Waals surface area contributed by atoms with E-state index in [0.717, 1.165) is 6.67 Å². The monoisotopic (exact) mass is 200 g/mol. The van der Waals surface area contributed by atoms with E-state index >= 15 is 0 Å². The molecule has 0 spiro atoms. The first kappa shape index (κ1) is 8.98. The van der Waals surface area contributed by atoms with E-state index in [1.807, 2.05) is 0 Å². The minimum Gasteiger partial charge on any atom is -0.331 e. The van der Waals surface area contributed by atoms with Gasteiger partial charge in [-0.3, -0.25) is 4.90 Å². The van der Waals surface area contributed by atoms with Crippen molar-refractivity contribution in [3.8, 4) is 0 Å². The van der Waals surface area contributed by atoms with E-state index in [4.69, 9.17) is 0 Å². The fraction of sp³-hybridized carbons (Fsp3) is 0.385. The van der Waals surface area contributed by atoms with Crippen molar-refractivity contribution >= 4 is 10.9 Å². The molecule has 0 N–H and O–H groups in total. The first-order chi connectivity index (χ1) is 7.27. The highest BCUT2D eigenvalue weighted by Crippen LogP contribution is 2.28. The number of para-hydroxylation sites is 1. The fourth-order valence-electron chi connectivity index (χ4n) is 2.62. The van der Waals surface area contributed by atoms with E-state index in [-0.39, 0.29) is 0 Å². The van der Waals surface area contributed by atoms with Crippen LogP contribution in [0.2, 0.25) is 0 Å². The molecule has 2 heterocycles. The third-order valence-corrected chi connectivity index (χ3v) is 3.47. The van der Waals surface area contributed by atoms with Crippen molar-refractivity contribution in [2.45, 2.75) is 20.0 Å². The van der Waals surface area contributed by atoms with Crippen molar-refractivity contribution in [2.75, 3.05) is 13.6 Å². The summed E-state index contributed by atoms with van der Waals surface area (Å²) < 4.78 is 2.45. The van der Waals surface area contributed by atoms with Crippen molar-refractivity contribution in [3.63, 3.8) is 0 Å². The highest BCUT2D eigenvalue weighted by atomic mass is 15.3. The van der Waals surface area contributed by atoms with Gasteiger partial charge in [0.25, 0.3) is 0 Å². The molecule has 2 aromatic rings. The molecule has 0 amide bonds. The highest BCUT2D eigenvalue weighted by molar-refractivity contribution is 5.85. The summed E-state index contributed by atoms with van der Waals surface area (Å²) in [4.78, 5) is 2.37. The van der Waals surface area contributed by atoms with Crippen LogP contribution in [-0.2, 0) is 13.1 Å². The molecule has 1 aliphatic rings. The molecule has 0 saturated heterocycles. The Morgan fingerprint density at radius 2 is 2.00 bits per heavy atom. The van der Waals surface area contributed by atoms with Gasteiger partial charge in [0.05, 0.1) is 6.67 Å². The van der Waals surface area contributed by atoms with Gasteiger partial charge < -0.3 is 4.57 Å². The molecule has 0 saturated carbocycles. The molecule has 2 nitrogen and oxygen atoms in total. The average Bonchev–Trinajstić information content (AvgIpc) is 2.54. The second kappa shape index (κ2) is 3.11. The molecule has 0 fully saturated rings. The lowest BCUT2D eigenvalue weighted by Crippen LogP contribution is -2.30. The van der Waals surface area contributed by atoms with E-state index in [2.05, 4.69) is 47.7 Å². The Balaban J connectivity index is 2.33. The molecular formula is C13H16N2. The largest absolute Gasteiger partial charge is 0.331 e. The van der Waals surface area contributed by atoms with E-state index < -0.39 is 0 Å². The van der Waals surface area contributed by atoms with Crippen LogP contribution in [-0.4, -0.2) is 23.1 Å². The van der Waals surface area contributed by atoms with Gasteiger partial charge in [-0.05, 0) is 25.6 Å². The molecule has 1 aromatic heterocycles. The third-order valence-electron chi connectivity index (χ3n) is 3.47. The quantitative estimate of drug-likeness (QED) is 0.634. The number of hydrogen-bond acceptors (Lipinski definition) is 1. The van der Waals surface area contributed by atoms with Crippen molar-refractivity contribution in [2.24, 2.45) is 0 Å². The van der Waals surface area contributed by atoms with Gasteiger partial charge in [-0.2, -0.15) is 0 Å². The number of aryl methyl sites for hydroxylation is 1. The Kier molecular flexibility index (Phi) is 1.86. The Bertz CT molecular complexity index is 510. The second-order valence-corrected chi connectivity index (χ2v) is 4.49. The van der Waals surface area contributed by atoms with Gasteiger partial charge in [0.2, 0.25) is 0 Å². The first-order valence-corrected chi connectivity index (χ1v) is 5.52. The smallest absolute Gasteiger partial charge is 0.0751 e. The predicted molar refractivity (Wildman–Crippen MR) is 63.0 cm³/mol. The third kappa shape index (κ3) is 1.21. The molecule has 0 aliphatic carbocycles. The standard InChI is InChI=1S/C13H16N2/c1-10-11-5-3-4-6-13(11)15-9-14(2)8-7-12(10)15/h3-6H,7-9H2,1-2H3. The molecule has 0 atom stereocenters. The molecule has 1 aliphatic heterocycles. The lowest BCUT2D eigenvalue weighted by Gasteiger charge is -2.26. The molecule has 2 heteroatoms. The minimum atomic E-state index is 1.03. The van der Waals surface area contributed by atoms with Crippen LogP contribution in [0.15, 0.2) is 24.3 Å². The van der Waals surface area contributed by atoms with E-state index in [1.54, 1.807) is 0 Å². The summed E-state index contributed by atoms with van der Waals surface area (Å²) in [7, 11) is 2.19. The summed E-state index contributed by atoms with van der Waals surface area (Å²) in [6.07, 6.45) is 1.18. The van der Waals surface area contributed by atoms with Gasteiger partial charge in [0.15, 0.2) is 0 Å². The Labute approximate surface area is 90.1 Å². The molecule has 3 rings (SSSR count). The molecule has 0 bridgehead atoms. The SMILES string of the molecule is Cc1c2n(c3ccccc13)CN(C)CC2. The average molecular weight is 200 g/mol. The number of rotatable bonds is 0. The Hall–Kier alpha value is -1.28. The maximum atomic E-state index is 2.45. The number of nitrogens with zero attached hydrogens (tertiary/aromatic N) is 2. The van der Waals surface area contributed by atoms with Crippen molar-refractivity contribution in [1.82, 2.24) is 9.47 Å². The summed E-state index contributed by atoms with van der Waals surface area (Å²) in [5, 5.41) is 1.42. The molecule has 0 radical (unpaired) electrons. The van der Waals surface area contributed by atoms with Crippen molar-refractivity contribution in [3.05, 3.63) is 35.5 Å². The van der Waals surface area contributed by atoms with Crippen LogP contribution in [0.5, 0.6) is 0 Å². The maximum absolute atomic E-state index is 2.45. The lowest BCUT2D eigenvalue weighted by molar-refractivity contribution is 0.244. The molecular weight excluding hydrogens is 184 g/mol. The normalized spacial score (nSPS) is 16.9. The summed E-state index contributed by atoms with van der Waals surface area (Å²) in [6, 6.07) is 8.72. The summed E-state index contributed by atoms with van der Waals surface area (Å²) >= 11 is 0. The zero-order valence-corrected chi connectivity index (χ0v) is 9.33. The Morgan fingerprint density at radius 3 is 2.87 bits per heavy atom. The topological polar surface area (TPSA) is 8.17 Å². The van der Waals surface area contributed by atoms with Crippen LogP contribution in [0.4, 0.5) is 0 Å². The first-order valence-electron chi connectivity index (χ1n) is 5.52. The van der Waals surface area contributed by atoms with Crippen molar-refractivity contribution in [1.29, 1.82) is 0 Å². The Morgan fingerprint density at radius 1 is 1.20 bits per heavy atom. The van der Waals surface area contributed by atoms with Gasteiger partial charge in [-0.25, -0.2) is 0 Å². The summed E-state index contributed by atoms with van der Waals surface area (Å²) in [5.41, 5.74) is 4.38. The highest BCUT2D eigenvalue weighted by Gasteiger charge is 2.18. The van der Waals surface area contributed by atoms with E-state index in [0.29, 0.717) is 0 Å².